The molecule has 0 spiro atoms. The predicted octanol–water partition coefficient (Wildman–Crippen LogP) is 1.53. The molecule has 2 aromatic rings. The maximum atomic E-state index is 13.5. The molecule has 0 aliphatic carbocycles. The highest BCUT2D eigenvalue weighted by atomic mass is 16.4. The minimum atomic E-state index is -1.18. The van der Waals surface area contributed by atoms with Crippen LogP contribution in [0, 0.1) is 11.8 Å². The Morgan fingerprint density at radius 3 is 2.15 bits per heavy atom. The standard InChI is InChI=1S/C28H41N5O7/c1-5-16(4)24(28(39)40)33-27(38)22(13-17-14-30-20-9-7-6-8-18(17)20)32-26(37)21(12-15(2)3)31-25(36)19(29)10-11-23(34)35/h6-9,14-16,19,21-22,24,30H,5,10-13,29H2,1-4H3,(H,31,36)(H,32,37)(H,33,38)(H,34,35)(H,39,40). The van der Waals surface area contributed by atoms with E-state index < -0.39 is 53.8 Å². The summed E-state index contributed by atoms with van der Waals surface area (Å²) in [5.74, 6) is -4.63. The summed E-state index contributed by atoms with van der Waals surface area (Å²) in [6.07, 6.45) is 2.14. The second kappa shape index (κ2) is 15.0. The van der Waals surface area contributed by atoms with Crippen molar-refractivity contribution in [1.82, 2.24) is 20.9 Å². The molecule has 2 rings (SSSR count). The van der Waals surface area contributed by atoms with Gasteiger partial charge in [-0.25, -0.2) is 4.79 Å². The molecule has 1 aromatic heterocycles. The molecule has 0 radical (unpaired) electrons. The Labute approximate surface area is 233 Å². The smallest absolute Gasteiger partial charge is 0.326 e. The van der Waals surface area contributed by atoms with E-state index in [-0.39, 0.29) is 37.5 Å². The molecule has 12 nitrogen and oxygen atoms in total. The zero-order valence-electron chi connectivity index (χ0n) is 23.4. The fourth-order valence-electron chi connectivity index (χ4n) is 4.33. The molecule has 0 aliphatic rings. The number of nitrogens with one attached hydrogen (secondary N) is 4. The number of amides is 3. The van der Waals surface area contributed by atoms with E-state index in [1.54, 1.807) is 13.1 Å². The van der Waals surface area contributed by atoms with Gasteiger partial charge in [-0.1, -0.05) is 52.3 Å². The molecule has 5 atom stereocenters. The van der Waals surface area contributed by atoms with E-state index in [1.807, 2.05) is 45.0 Å². The van der Waals surface area contributed by atoms with E-state index in [1.165, 1.54) is 0 Å². The van der Waals surface area contributed by atoms with Crippen molar-refractivity contribution in [3.63, 3.8) is 0 Å². The number of hydrogen-bond acceptors (Lipinski definition) is 6. The van der Waals surface area contributed by atoms with Crippen LogP contribution < -0.4 is 21.7 Å². The first kappa shape index (κ1) is 32.3. The number of H-pyrrole nitrogens is 1. The van der Waals surface area contributed by atoms with E-state index in [2.05, 4.69) is 20.9 Å². The third-order valence-electron chi connectivity index (χ3n) is 6.85. The number of para-hydroxylation sites is 1. The molecule has 40 heavy (non-hydrogen) atoms. The molecule has 0 saturated heterocycles. The summed E-state index contributed by atoms with van der Waals surface area (Å²) in [5, 5.41) is 27.3. The third kappa shape index (κ3) is 9.37. The fraction of sp³-hybridized carbons (Fsp3) is 0.536. The number of hydrogen-bond donors (Lipinski definition) is 7. The fourth-order valence-corrected chi connectivity index (χ4v) is 4.33. The van der Waals surface area contributed by atoms with Crippen molar-refractivity contribution in [1.29, 1.82) is 0 Å². The number of carboxylic acid groups (broad SMARTS) is 2. The molecule has 220 valence electrons. The monoisotopic (exact) mass is 559 g/mol. The summed E-state index contributed by atoms with van der Waals surface area (Å²) < 4.78 is 0. The first-order chi connectivity index (χ1) is 18.8. The van der Waals surface area contributed by atoms with Gasteiger partial charge in [-0.2, -0.15) is 0 Å². The predicted molar refractivity (Wildman–Crippen MR) is 149 cm³/mol. The zero-order chi connectivity index (χ0) is 30.0. The van der Waals surface area contributed by atoms with Crippen molar-refractivity contribution >= 4 is 40.6 Å². The van der Waals surface area contributed by atoms with Gasteiger partial charge in [0.05, 0.1) is 6.04 Å². The van der Waals surface area contributed by atoms with Crippen LogP contribution in [0.5, 0.6) is 0 Å². The van der Waals surface area contributed by atoms with Gasteiger partial charge in [0.1, 0.15) is 18.1 Å². The lowest BCUT2D eigenvalue weighted by atomic mass is 9.97. The average Bonchev–Trinajstić information content (AvgIpc) is 3.31. The van der Waals surface area contributed by atoms with Gasteiger partial charge >= 0.3 is 11.9 Å². The van der Waals surface area contributed by atoms with Gasteiger partial charge in [-0.05, 0) is 36.3 Å². The van der Waals surface area contributed by atoms with Crippen LogP contribution in [0.2, 0.25) is 0 Å². The SMILES string of the molecule is CCC(C)C(NC(=O)C(Cc1c[nH]c2ccccc12)NC(=O)C(CC(C)C)NC(=O)C(N)CCC(=O)O)C(=O)O. The second-order valence-corrected chi connectivity index (χ2v) is 10.6. The number of aliphatic carboxylic acids is 2. The molecule has 0 saturated carbocycles. The maximum Gasteiger partial charge on any atom is 0.326 e. The number of nitrogens with two attached hydrogens (primary N) is 1. The van der Waals surface area contributed by atoms with Crippen molar-refractivity contribution in [2.75, 3.05) is 0 Å². The maximum absolute atomic E-state index is 13.5. The molecule has 0 fully saturated rings. The number of carbonyl (C=O) groups is 5. The summed E-state index contributed by atoms with van der Waals surface area (Å²) in [4.78, 5) is 65.4. The van der Waals surface area contributed by atoms with Gasteiger partial charge in [0.2, 0.25) is 17.7 Å². The number of carbonyl (C=O) groups excluding carboxylic acids is 3. The Morgan fingerprint density at radius 2 is 1.55 bits per heavy atom. The summed E-state index contributed by atoms with van der Waals surface area (Å²) in [6, 6.07) is 2.97. The number of fused-ring (bicyclic) bond motifs is 1. The van der Waals surface area contributed by atoms with Gasteiger partial charge in [0, 0.05) is 29.9 Å². The van der Waals surface area contributed by atoms with Crippen LogP contribution in [-0.2, 0) is 30.4 Å². The molecule has 1 heterocycles. The van der Waals surface area contributed by atoms with Gasteiger partial charge in [0.25, 0.3) is 0 Å². The summed E-state index contributed by atoms with van der Waals surface area (Å²) in [6.45, 7) is 7.25. The van der Waals surface area contributed by atoms with Gasteiger partial charge in [-0.3, -0.25) is 19.2 Å². The molecular weight excluding hydrogens is 518 g/mol. The Hall–Kier alpha value is -3.93. The molecule has 5 unspecified atom stereocenters. The highest BCUT2D eigenvalue weighted by molar-refractivity contribution is 5.95. The Balaban J connectivity index is 2.32. The van der Waals surface area contributed by atoms with Crippen LogP contribution in [-0.4, -0.2) is 69.0 Å². The minimum Gasteiger partial charge on any atom is -0.481 e. The van der Waals surface area contributed by atoms with E-state index in [0.29, 0.717) is 6.42 Å². The lowest BCUT2D eigenvalue weighted by molar-refractivity contribution is -0.144. The largest absolute Gasteiger partial charge is 0.481 e. The molecular formula is C28H41N5O7. The van der Waals surface area contributed by atoms with Crippen LogP contribution in [0.25, 0.3) is 10.9 Å². The average molecular weight is 560 g/mol. The lowest BCUT2D eigenvalue weighted by Crippen LogP contribution is -2.58. The van der Waals surface area contributed by atoms with Gasteiger partial charge in [-0.15, -0.1) is 0 Å². The van der Waals surface area contributed by atoms with E-state index in [0.717, 1.165) is 16.5 Å². The quantitative estimate of drug-likeness (QED) is 0.160. The molecule has 8 N–H and O–H groups in total. The van der Waals surface area contributed by atoms with Gasteiger partial charge < -0.3 is 36.9 Å². The highest BCUT2D eigenvalue weighted by Gasteiger charge is 2.32. The normalized spacial score (nSPS) is 15.1. The molecule has 0 aliphatic heterocycles. The number of aromatic nitrogens is 1. The Morgan fingerprint density at radius 1 is 0.925 bits per heavy atom. The van der Waals surface area contributed by atoms with Crippen molar-refractivity contribution in [2.45, 2.75) is 84.0 Å². The second-order valence-electron chi connectivity index (χ2n) is 10.6. The topological polar surface area (TPSA) is 204 Å². The van der Waals surface area contributed by atoms with Crippen molar-refractivity contribution in [3.05, 3.63) is 36.0 Å². The van der Waals surface area contributed by atoms with Crippen molar-refractivity contribution < 1.29 is 34.2 Å². The first-order valence-corrected chi connectivity index (χ1v) is 13.5. The van der Waals surface area contributed by atoms with Crippen LogP contribution in [0.3, 0.4) is 0 Å². The zero-order valence-corrected chi connectivity index (χ0v) is 23.4. The number of rotatable bonds is 16. The minimum absolute atomic E-state index is 0.0195. The van der Waals surface area contributed by atoms with E-state index in [4.69, 9.17) is 10.8 Å². The van der Waals surface area contributed by atoms with Crippen molar-refractivity contribution in [3.8, 4) is 0 Å². The van der Waals surface area contributed by atoms with E-state index in [9.17, 15) is 29.1 Å². The summed E-state index contributed by atoms with van der Waals surface area (Å²) in [7, 11) is 0. The Bertz CT molecular complexity index is 1190. The Kier molecular flexibility index (Phi) is 12.1. The highest BCUT2D eigenvalue weighted by Crippen LogP contribution is 2.20. The number of aromatic amines is 1. The number of benzene rings is 1. The van der Waals surface area contributed by atoms with Gasteiger partial charge in [0.15, 0.2) is 0 Å². The van der Waals surface area contributed by atoms with Crippen LogP contribution in [0.1, 0.15) is 58.9 Å². The first-order valence-electron chi connectivity index (χ1n) is 13.5. The molecule has 0 bridgehead atoms. The molecule has 12 heteroatoms. The number of carboxylic acids is 2. The van der Waals surface area contributed by atoms with Crippen molar-refractivity contribution in [2.24, 2.45) is 17.6 Å². The van der Waals surface area contributed by atoms with Crippen LogP contribution in [0.15, 0.2) is 30.5 Å². The summed E-state index contributed by atoms with van der Waals surface area (Å²) in [5.41, 5.74) is 7.41. The van der Waals surface area contributed by atoms with Crippen LogP contribution >= 0.6 is 0 Å². The summed E-state index contributed by atoms with van der Waals surface area (Å²) >= 11 is 0. The van der Waals surface area contributed by atoms with E-state index >= 15 is 0 Å². The lowest BCUT2D eigenvalue weighted by Gasteiger charge is -2.27. The molecule has 3 amide bonds. The van der Waals surface area contributed by atoms with Crippen LogP contribution in [0.4, 0.5) is 0 Å². The molecule has 1 aromatic carbocycles. The third-order valence-corrected chi connectivity index (χ3v) is 6.85.